The second kappa shape index (κ2) is 9.55. The van der Waals surface area contributed by atoms with Crippen molar-refractivity contribution in [2.75, 3.05) is 33.3 Å². The summed E-state index contributed by atoms with van der Waals surface area (Å²) < 4.78 is 12.5. The Balaban J connectivity index is 1.41. The molecule has 1 aromatic carbocycles. The number of hydrogen-bond acceptors (Lipinski definition) is 8. The van der Waals surface area contributed by atoms with E-state index in [0.717, 1.165) is 17.1 Å². The molecule has 4 heterocycles. The number of amides is 1. The number of piperazine rings is 1. The smallest absolute Gasteiger partial charge is 0.289 e. The minimum Gasteiger partial charge on any atom is -0.497 e. The largest absolute Gasteiger partial charge is 0.497 e. The van der Waals surface area contributed by atoms with Gasteiger partial charge in [0, 0.05) is 31.1 Å². The van der Waals surface area contributed by atoms with E-state index in [4.69, 9.17) is 9.15 Å². The van der Waals surface area contributed by atoms with Crippen molar-refractivity contribution >= 4 is 17.2 Å². The van der Waals surface area contributed by atoms with Crippen LogP contribution < -0.4 is 4.74 Å². The Morgan fingerprint density at radius 1 is 1.12 bits per heavy atom. The van der Waals surface area contributed by atoms with Gasteiger partial charge >= 0.3 is 0 Å². The zero-order chi connectivity index (χ0) is 22.6. The van der Waals surface area contributed by atoms with Crippen LogP contribution in [0, 0.1) is 0 Å². The highest BCUT2D eigenvalue weighted by Crippen LogP contribution is 2.30. The fraction of sp³-hybridized carbons (Fsp3) is 0.304. The van der Waals surface area contributed by atoms with Crippen LogP contribution >= 0.6 is 11.3 Å². The number of ether oxygens (including phenoxy) is 1. The molecule has 1 saturated heterocycles. The highest BCUT2D eigenvalue weighted by molar-refractivity contribution is 7.09. The monoisotopic (exact) mass is 464 g/mol. The van der Waals surface area contributed by atoms with Gasteiger partial charge in [0.25, 0.3) is 5.91 Å². The van der Waals surface area contributed by atoms with Crippen LogP contribution in [-0.2, 0) is 6.54 Å². The molecule has 1 aliphatic rings. The first-order valence-corrected chi connectivity index (χ1v) is 11.6. The van der Waals surface area contributed by atoms with Gasteiger partial charge in [0.15, 0.2) is 11.6 Å². The third kappa shape index (κ3) is 4.53. The van der Waals surface area contributed by atoms with E-state index in [-0.39, 0.29) is 11.9 Å². The van der Waals surface area contributed by atoms with Crippen molar-refractivity contribution in [2.24, 2.45) is 0 Å². The van der Waals surface area contributed by atoms with Gasteiger partial charge in [-0.3, -0.25) is 9.69 Å². The zero-order valence-electron chi connectivity index (χ0n) is 18.2. The third-order valence-corrected chi connectivity index (χ3v) is 6.68. The van der Waals surface area contributed by atoms with Crippen molar-refractivity contribution < 1.29 is 13.9 Å². The fourth-order valence-corrected chi connectivity index (χ4v) is 4.80. The standard InChI is InChI=1S/C23H24N6O3S/c1-31-18-8-6-17(7-9-18)21(22-24-25-26-29(22)16-19-4-3-15-33-19)27-10-12-28(13-11-27)23(30)20-5-2-14-32-20/h2-9,14-15,21H,10-13,16H2,1H3/t21-/m1/s1. The molecule has 1 aliphatic heterocycles. The number of hydrogen-bond donors (Lipinski definition) is 0. The predicted octanol–water partition coefficient (Wildman–Crippen LogP) is 2.93. The molecule has 33 heavy (non-hydrogen) atoms. The van der Waals surface area contributed by atoms with Gasteiger partial charge < -0.3 is 14.1 Å². The molecule has 1 fully saturated rings. The molecule has 0 aliphatic carbocycles. The molecule has 0 bridgehead atoms. The summed E-state index contributed by atoms with van der Waals surface area (Å²) in [6.07, 6.45) is 1.52. The van der Waals surface area contributed by atoms with Gasteiger partial charge in [-0.25, -0.2) is 4.68 Å². The number of thiophene rings is 1. The van der Waals surface area contributed by atoms with Crippen molar-refractivity contribution in [1.82, 2.24) is 30.0 Å². The van der Waals surface area contributed by atoms with Crippen molar-refractivity contribution in [1.29, 1.82) is 0 Å². The van der Waals surface area contributed by atoms with Crippen LogP contribution in [0.5, 0.6) is 5.75 Å². The van der Waals surface area contributed by atoms with E-state index in [2.05, 4.69) is 31.9 Å². The lowest BCUT2D eigenvalue weighted by Gasteiger charge is -2.38. The van der Waals surface area contributed by atoms with E-state index in [9.17, 15) is 4.79 Å². The molecule has 10 heteroatoms. The summed E-state index contributed by atoms with van der Waals surface area (Å²) in [5.41, 5.74) is 1.07. The summed E-state index contributed by atoms with van der Waals surface area (Å²) in [6, 6.07) is 15.4. The van der Waals surface area contributed by atoms with Crippen LogP contribution in [0.25, 0.3) is 0 Å². The summed E-state index contributed by atoms with van der Waals surface area (Å²) in [5, 5.41) is 14.7. The van der Waals surface area contributed by atoms with Crippen LogP contribution in [-0.4, -0.2) is 69.2 Å². The molecule has 1 atom stereocenters. The maximum Gasteiger partial charge on any atom is 0.289 e. The molecule has 0 spiro atoms. The van der Waals surface area contributed by atoms with Crippen LogP contribution in [0.4, 0.5) is 0 Å². The molecule has 1 amide bonds. The molecular formula is C23H24N6O3S. The van der Waals surface area contributed by atoms with Crippen molar-refractivity contribution in [3.63, 3.8) is 0 Å². The lowest BCUT2D eigenvalue weighted by molar-refractivity contribution is 0.0559. The zero-order valence-corrected chi connectivity index (χ0v) is 19.0. The highest BCUT2D eigenvalue weighted by Gasteiger charge is 2.32. The first kappa shape index (κ1) is 21.4. The number of tetrazole rings is 1. The number of nitrogens with zero attached hydrogens (tertiary/aromatic N) is 6. The van der Waals surface area contributed by atoms with Crippen LogP contribution in [0.2, 0.25) is 0 Å². The van der Waals surface area contributed by atoms with Gasteiger partial charge in [0.2, 0.25) is 0 Å². The van der Waals surface area contributed by atoms with Gasteiger partial charge in [-0.15, -0.1) is 16.4 Å². The van der Waals surface area contributed by atoms with E-state index >= 15 is 0 Å². The predicted molar refractivity (Wildman–Crippen MR) is 122 cm³/mol. The van der Waals surface area contributed by atoms with Gasteiger partial charge in [0.1, 0.15) is 5.75 Å². The van der Waals surface area contributed by atoms with E-state index in [0.29, 0.717) is 38.5 Å². The fourth-order valence-electron chi connectivity index (χ4n) is 4.12. The number of aromatic nitrogens is 4. The molecule has 5 rings (SSSR count). The van der Waals surface area contributed by atoms with Gasteiger partial charge in [0.05, 0.1) is 26.0 Å². The average molecular weight is 465 g/mol. The summed E-state index contributed by atoms with van der Waals surface area (Å²) in [7, 11) is 1.66. The van der Waals surface area contributed by atoms with E-state index in [1.54, 1.807) is 30.6 Å². The summed E-state index contributed by atoms with van der Waals surface area (Å²) in [5.74, 6) is 1.86. The number of carbonyl (C=O) groups excluding carboxylic acids is 1. The third-order valence-electron chi connectivity index (χ3n) is 5.82. The molecule has 4 aromatic rings. The summed E-state index contributed by atoms with van der Waals surface area (Å²) in [4.78, 5) is 18.0. The minimum atomic E-state index is -0.147. The highest BCUT2D eigenvalue weighted by atomic mass is 32.1. The Bertz CT molecular complexity index is 1170. The SMILES string of the molecule is COc1ccc([C@H](c2nnnn2Cc2cccs2)N2CCN(C(=O)c3ccco3)CC2)cc1. The van der Waals surface area contributed by atoms with Gasteiger partial charge in [-0.2, -0.15) is 0 Å². The minimum absolute atomic E-state index is 0.0804. The molecule has 3 aromatic heterocycles. The number of methoxy groups -OCH3 is 1. The Labute approximate surface area is 195 Å². The molecule has 0 saturated carbocycles. The number of rotatable bonds is 7. The number of benzene rings is 1. The Morgan fingerprint density at radius 3 is 2.61 bits per heavy atom. The lowest BCUT2D eigenvalue weighted by atomic mass is 10.0. The van der Waals surface area contributed by atoms with E-state index in [1.165, 1.54) is 11.1 Å². The molecule has 0 radical (unpaired) electrons. The molecule has 170 valence electrons. The Morgan fingerprint density at radius 2 is 1.94 bits per heavy atom. The van der Waals surface area contributed by atoms with Crippen LogP contribution in [0.1, 0.15) is 32.9 Å². The maximum absolute atomic E-state index is 12.7. The van der Waals surface area contributed by atoms with Crippen LogP contribution in [0.3, 0.4) is 0 Å². The number of furan rings is 1. The second-order valence-electron chi connectivity index (χ2n) is 7.76. The summed E-state index contributed by atoms with van der Waals surface area (Å²) in [6.45, 7) is 3.19. The Hall–Kier alpha value is -3.50. The number of carbonyl (C=O) groups is 1. The van der Waals surface area contributed by atoms with Crippen molar-refractivity contribution in [3.05, 3.63) is 82.2 Å². The average Bonchev–Trinajstić information content (AvgIpc) is 3.64. The van der Waals surface area contributed by atoms with Crippen molar-refractivity contribution in [3.8, 4) is 5.75 Å². The normalized spacial score (nSPS) is 15.5. The first-order valence-electron chi connectivity index (χ1n) is 10.7. The molecular weight excluding hydrogens is 440 g/mol. The topological polar surface area (TPSA) is 89.5 Å². The lowest BCUT2D eigenvalue weighted by Crippen LogP contribution is -2.50. The van der Waals surface area contributed by atoms with Gasteiger partial charge in [-0.05, 0) is 51.7 Å². The Kier molecular flexibility index (Phi) is 6.18. The molecule has 0 N–H and O–H groups in total. The van der Waals surface area contributed by atoms with Gasteiger partial charge in [-0.1, -0.05) is 18.2 Å². The van der Waals surface area contributed by atoms with E-state index < -0.39 is 0 Å². The molecule has 9 nitrogen and oxygen atoms in total. The van der Waals surface area contributed by atoms with Crippen molar-refractivity contribution in [2.45, 2.75) is 12.6 Å². The quantitative estimate of drug-likeness (QED) is 0.415. The van der Waals surface area contributed by atoms with E-state index in [1.807, 2.05) is 39.9 Å². The summed E-state index contributed by atoms with van der Waals surface area (Å²) >= 11 is 1.68. The maximum atomic E-state index is 12.7. The second-order valence-corrected chi connectivity index (χ2v) is 8.79. The molecule has 0 unspecified atom stereocenters. The van der Waals surface area contributed by atoms with Crippen LogP contribution in [0.15, 0.2) is 64.6 Å². The first-order chi connectivity index (χ1) is 16.2.